The number of anilines is 1. The Balaban J connectivity index is 2.23. The van der Waals surface area contributed by atoms with Gasteiger partial charge in [-0.2, -0.15) is 4.31 Å². The first-order chi connectivity index (χ1) is 9.46. The van der Waals surface area contributed by atoms with Crippen LogP contribution in [0.5, 0.6) is 0 Å². The first-order valence-electron chi connectivity index (χ1n) is 6.94. The number of aromatic nitrogens is 2. The summed E-state index contributed by atoms with van der Waals surface area (Å²) in [5.41, 5.74) is 0. The largest absolute Gasteiger partial charge is 0.357 e. The minimum Gasteiger partial charge on any atom is -0.357 e. The quantitative estimate of drug-likeness (QED) is 0.916. The predicted octanol–water partition coefficient (Wildman–Crippen LogP) is 1.72. The Morgan fingerprint density at radius 2 is 1.85 bits per heavy atom. The summed E-state index contributed by atoms with van der Waals surface area (Å²) in [6.07, 6.45) is 7.00. The van der Waals surface area contributed by atoms with Gasteiger partial charge in [0.15, 0.2) is 0 Å². The smallest absolute Gasteiger partial charge is 0.246 e. The molecule has 1 saturated carbocycles. The maximum atomic E-state index is 12.6. The first-order valence-corrected chi connectivity index (χ1v) is 8.38. The molecule has 6 nitrogen and oxygen atoms in total. The van der Waals surface area contributed by atoms with Crippen molar-refractivity contribution in [3.63, 3.8) is 0 Å². The SMILES string of the molecule is CNc1ncc(S(=O)(=O)N(C)C2CCCCC2C)cn1. The van der Waals surface area contributed by atoms with Crippen molar-refractivity contribution in [3.8, 4) is 0 Å². The third kappa shape index (κ3) is 2.93. The molecule has 1 fully saturated rings. The van der Waals surface area contributed by atoms with E-state index in [1.807, 2.05) is 0 Å². The lowest BCUT2D eigenvalue weighted by Crippen LogP contribution is -2.42. The highest BCUT2D eigenvalue weighted by Gasteiger charge is 2.33. The molecule has 20 heavy (non-hydrogen) atoms. The van der Waals surface area contributed by atoms with Crippen molar-refractivity contribution >= 4 is 16.0 Å². The summed E-state index contributed by atoms with van der Waals surface area (Å²) in [6.45, 7) is 2.12. The summed E-state index contributed by atoms with van der Waals surface area (Å²) in [5.74, 6) is 0.804. The summed E-state index contributed by atoms with van der Waals surface area (Å²) < 4.78 is 26.7. The van der Waals surface area contributed by atoms with Crippen molar-refractivity contribution in [2.24, 2.45) is 5.92 Å². The second-order valence-corrected chi connectivity index (χ2v) is 7.34. The molecule has 1 aliphatic rings. The Morgan fingerprint density at radius 3 is 2.40 bits per heavy atom. The van der Waals surface area contributed by atoms with Gasteiger partial charge in [0.1, 0.15) is 4.90 Å². The van der Waals surface area contributed by atoms with Crippen molar-refractivity contribution in [2.75, 3.05) is 19.4 Å². The van der Waals surface area contributed by atoms with Gasteiger partial charge >= 0.3 is 0 Å². The third-order valence-corrected chi connectivity index (χ3v) is 5.90. The summed E-state index contributed by atoms with van der Waals surface area (Å²) in [5, 5.41) is 2.77. The molecule has 1 aliphatic carbocycles. The number of nitrogens with one attached hydrogen (secondary N) is 1. The van der Waals surface area contributed by atoms with Crippen LogP contribution >= 0.6 is 0 Å². The van der Waals surface area contributed by atoms with Gasteiger partial charge in [-0.15, -0.1) is 0 Å². The lowest BCUT2D eigenvalue weighted by molar-refractivity contribution is 0.213. The fourth-order valence-electron chi connectivity index (χ4n) is 2.76. The average Bonchev–Trinajstić information content (AvgIpc) is 2.47. The molecule has 1 N–H and O–H groups in total. The molecule has 2 rings (SSSR count). The Morgan fingerprint density at radius 1 is 1.25 bits per heavy atom. The van der Waals surface area contributed by atoms with E-state index in [-0.39, 0.29) is 10.9 Å². The summed E-state index contributed by atoms with van der Waals surface area (Å²) >= 11 is 0. The van der Waals surface area contributed by atoms with Gasteiger partial charge < -0.3 is 5.32 Å². The van der Waals surface area contributed by atoms with E-state index in [2.05, 4.69) is 22.2 Å². The molecule has 112 valence electrons. The molecule has 2 unspecified atom stereocenters. The van der Waals surface area contributed by atoms with E-state index in [9.17, 15) is 8.42 Å². The molecule has 1 heterocycles. The fourth-order valence-corrected chi connectivity index (χ4v) is 4.13. The molecule has 0 aromatic carbocycles. The first kappa shape index (κ1) is 15.2. The molecule has 2 atom stereocenters. The van der Waals surface area contributed by atoms with Crippen LogP contribution in [0.1, 0.15) is 32.6 Å². The zero-order chi connectivity index (χ0) is 14.8. The van der Waals surface area contributed by atoms with Crippen LogP contribution in [0, 0.1) is 5.92 Å². The number of rotatable bonds is 4. The molecule has 0 radical (unpaired) electrons. The van der Waals surface area contributed by atoms with Gasteiger partial charge in [0.05, 0.1) is 12.4 Å². The second kappa shape index (κ2) is 6.05. The Kier molecular flexibility index (Phi) is 4.59. The summed E-state index contributed by atoms with van der Waals surface area (Å²) in [4.78, 5) is 8.11. The molecular weight excluding hydrogens is 276 g/mol. The second-order valence-electron chi connectivity index (χ2n) is 5.34. The lowest BCUT2D eigenvalue weighted by atomic mass is 9.86. The molecule has 0 spiro atoms. The third-order valence-electron chi connectivity index (χ3n) is 4.06. The van der Waals surface area contributed by atoms with Crippen LogP contribution in [-0.4, -0.2) is 42.8 Å². The highest BCUT2D eigenvalue weighted by molar-refractivity contribution is 7.89. The number of hydrogen-bond acceptors (Lipinski definition) is 5. The van der Waals surface area contributed by atoms with E-state index in [0.717, 1.165) is 19.3 Å². The molecule has 0 aliphatic heterocycles. The van der Waals surface area contributed by atoms with Crippen molar-refractivity contribution < 1.29 is 8.42 Å². The van der Waals surface area contributed by atoms with Gasteiger partial charge in [0, 0.05) is 20.1 Å². The van der Waals surface area contributed by atoms with E-state index >= 15 is 0 Å². The molecule has 7 heteroatoms. The highest BCUT2D eigenvalue weighted by Crippen LogP contribution is 2.30. The molecule has 0 bridgehead atoms. The summed E-state index contributed by atoms with van der Waals surface area (Å²) in [7, 11) is -0.162. The Hall–Kier alpha value is -1.21. The summed E-state index contributed by atoms with van der Waals surface area (Å²) in [6, 6.07) is 0.0673. The molecular formula is C13H22N4O2S. The number of sulfonamides is 1. The normalized spacial score (nSPS) is 23.8. The Labute approximate surface area is 120 Å². The van der Waals surface area contributed by atoms with Gasteiger partial charge in [-0.05, 0) is 18.8 Å². The van der Waals surface area contributed by atoms with E-state index in [1.165, 1.54) is 23.1 Å². The van der Waals surface area contributed by atoms with Gasteiger partial charge in [-0.3, -0.25) is 0 Å². The van der Waals surface area contributed by atoms with Crippen molar-refractivity contribution in [1.82, 2.24) is 14.3 Å². The average molecular weight is 298 g/mol. The van der Waals surface area contributed by atoms with Crippen LogP contribution in [-0.2, 0) is 10.0 Å². The van der Waals surface area contributed by atoms with E-state index in [4.69, 9.17) is 0 Å². The number of hydrogen-bond donors (Lipinski definition) is 1. The lowest BCUT2D eigenvalue weighted by Gasteiger charge is -2.35. The van der Waals surface area contributed by atoms with E-state index in [0.29, 0.717) is 11.9 Å². The van der Waals surface area contributed by atoms with Crippen LogP contribution in [0.25, 0.3) is 0 Å². The standard InChI is InChI=1S/C13H22N4O2S/c1-10-6-4-5-7-12(10)17(3)20(18,19)11-8-15-13(14-2)16-9-11/h8-10,12H,4-7H2,1-3H3,(H,14,15,16). The fraction of sp³-hybridized carbons (Fsp3) is 0.692. The maximum absolute atomic E-state index is 12.6. The maximum Gasteiger partial charge on any atom is 0.246 e. The predicted molar refractivity (Wildman–Crippen MR) is 77.9 cm³/mol. The Bertz CT molecular complexity index is 544. The van der Waals surface area contributed by atoms with E-state index in [1.54, 1.807) is 14.1 Å². The number of nitrogens with zero attached hydrogens (tertiary/aromatic N) is 3. The van der Waals surface area contributed by atoms with Crippen LogP contribution in [0.3, 0.4) is 0 Å². The van der Waals surface area contributed by atoms with Gasteiger partial charge in [0.2, 0.25) is 16.0 Å². The minimum absolute atomic E-state index is 0.0673. The molecule has 0 amide bonds. The van der Waals surface area contributed by atoms with Crippen molar-refractivity contribution in [1.29, 1.82) is 0 Å². The van der Waals surface area contributed by atoms with Gasteiger partial charge in [0.25, 0.3) is 0 Å². The van der Waals surface area contributed by atoms with Crippen LogP contribution in [0.2, 0.25) is 0 Å². The molecule has 0 saturated heterocycles. The zero-order valence-corrected chi connectivity index (χ0v) is 13.0. The van der Waals surface area contributed by atoms with Gasteiger partial charge in [-0.25, -0.2) is 18.4 Å². The van der Waals surface area contributed by atoms with Crippen LogP contribution in [0.15, 0.2) is 17.3 Å². The van der Waals surface area contributed by atoms with Gasteiger partial charge in [-0.1, -0.05) is 19.8 Å². The zero-order valence-electron chi connectivity index (χ0n) is 12.2. The molecule has 1 aromatic rings. The monoisotopic (exact) mass is 298 g/mol. The minimum atomic E-state index is -3.52. The van der Waals surface area contributed by atoms with E-state index < -0.39 is 10.0 Å². The molecule has 1 aromatic heterocycles. The van der Waals surface area contributed by atoms with Crippen molar-refractivity contribution in [2.45, 2.75) is 43.5 Å². The highest BCUT2D eigenvalue weighted by atomic mass is 32.2. The van der Waals surface area contributed by atoms with Crippen LogP contribution < -0.4 is 5.32 Å². The topological polar surface area (TPSA) is 75.2 Å². The van der Waals surface area contributed by atoms with Crippen molar-refractivity contribution in [3.05, 3.63) is 12.4 Å². The van der Waals surface area contributed by atoms with Crippen LogP contribution in [0.4, 0.5) is 5.95 Å².